The highest BCUT2D eigenvalue weighted by molar-refractivity contribution is 6.01. The fourth-order valence-electron chi connectivity index (χ4n) is 2.77. The lowest BCUT2D eigenvalue weighted by Crippen LogP contribution is -2.41. The maximum absolute atomic E-state index is 12.3. The normalized spacial score (nSPS) is 10.5. The zero-order valence-corrected chi connectivity index (χ0v) is 16.7. The van der Waals surface area contributed by atoms with Gasteiger partial charge in [0.15, 0.2) is 0 Å². The van der Waals surface area contributed by atoms with Crippen LogP contribution in [0.1, 0.15) is 20.9 Å². The van der Waals surface area contributed by atoms with Gasteiger partial charge in [-0.1, -0.05) is 12.1 Å². The number of carbonyl (C=O) groups is 3. The Morgan fingerprint density at radius 3 is 2.41 bits per heavy atom. The van der Waals surface area contributed by atoms with E-state index >= 15 is 0 Å². The number of furan rings is 1. The van der Waals surface area contributed by atoms with Crippen molar-refractivity contribution < 1.29 is 23.7 Å². The Hall–Kier alpha value is -4.29. The second-order valence-corrected chi connectivity index (χ2v) is 6.59. The number of amides is 3. The summed E-state index contributed by atoms with van der Waals surface area (Å²) < 4.78 is 4.77. The van der Waals surface area contributed by atoms with Gasteiger partial charge in [0.2, 0.25) is 11.7 Å². The lowest BCUT2D eigenvalue weighted by atomic mass is 10.1. The van der Waals surface area contributed by atoms with Gasteiger partial charge in [-0.15, -0.1) is 0 Å². The minimum atomic E-state index is -0.839. The predicted molar refractivity (Wildman–Crippen MR) is 115 cm³/mol. The van der Waals surface area contributed by atoms with Gasteiger partial charge in [-0.25, -0.2) is 0 Å². The molecule has 0 atom stereocenters. The number of hydrogen-bond acceptors (Lipinski definition) is 8. The number of nitrogens with two attached hydrogens (primary N) is 1. The van der Waals surface area contributed by atoms with Crippen LogP contribution in [0.3, 0.4) is 0 Å². The Morgan fingerprint density at radius 1 is 0.969 bits per heavy atom. The molecule has 2 aromatic carbocycles. The van der Waals surface area contributed by atoms with E-state index in [4.69, 9.17) is 10.2 Å². The van der Waals surface area contributed by atoms with Crippen molar-refractivity contribution in [2.24, 2.45) is 5.73 Å². The molecule has 1 heterocycles. The molecule has 0 aliphatic heterocycles. The number of hydrogen-bond donors (Lipinski definition) is 5. The molecule has 0 saturated carbocycles. The van der Waals surface area contributed by atoms with E-state index in [2.05, 4.69) is 21.5 Å². The second kappa shape index (κ2) is 10.1. The summed E-state index contributed by atoms with van der Waals surface area (Å²) in [4.78, 5) is 46.0. The molecule has 166 valence electrons. The zero-order chi connectivity index (χ0) is 23.1. The molecule has 0 aliphatic carbocycles. The minimum absolute atomic E-state index is 0.144. The summed E-state index contributed by atoms with van der Waals surface area (Å²) in [5, 5.41) is 17.8. The summed E-state index contributed by atoms with van der Waals surface area (Å²) in [6, 6.07) is 12.2. The number of rotatable bonds is 8. The standard InChI is InChI=1S/C20H20N6O6/c21-7-8-22-11-17(27)23-15-4-3-12-9-14(2-1-13(12)10-15)19(28)24-25-20(29)16-5-6-18(32-16)26(30)31/h1-6,9-10,22H,7-8,11,21H2,(H,23,27)(H,24,28)(H,25,29). The Morgan fingerprint density at radius 2 is 1.69 bits per heavy atom. The molecule has 0 unspecified atom stereocenters. The number of carbonyl (C=O) groups excluding carboxylic acids is 3. The van der Waals surface area contributed by atoms with Gasteiger partial charge < -0.3 is 20.8 Å². The van der Waals surface area contributed by atoms with Crippen molar-refractivity contribution in [1.29, 1.82) is 0 Å². The molecule has 0 fully saturated rings. The molecule has 3 aromatic rings. The number of nitrogens with zero attached hydrogens (tertiary/aromatic N) is 1. The van der Waals surface area contributed by atoms with Crippen molar-refractivity contribution in [2.75, 3.05) is 25.0 Å². The second-order valence-electron chi connectivity index (χ2n) is 6.59. The Labute approximate surface area is 181 Å². The number of fused-ring (bicyclic) bond motifs is 1. The van der Waals surface area contributed by atoms with Gasteiger partial charge in [-0.3, -0.25) is 35.3 Å². The molecule has 12 nitrogen and oxygen atoms in total. The molecule has 3 rings (SSSR count). The number of nitro groups is 1. The van der Waals surface area contributed by atoms with Gasteiger partial charge in [0.05, 0.1) is 12.6 Å². The van der Waals surface area contributed by atoms with Gasteiger partial charge in [-0.05, 0) is 41.1 Å². The maximum Gasteiger partial charge on any atom is 0.433 e. The Kier molecular flexibility index (Phi) is 7.10. The van der Waals surface area contributed by atoms with E-state index in [9.17, 15) is 24.5 Å². The van der Waals surface area contributed by atoms with Crippen molar-refractivity contribution in [3.63, 3.8) is 0 Å². The molecular weight excluding hydrogens is 420 g/mol. The third kappa shape index (κ3) is 5.65. The first kappa shape index (κ1) is 22.4. The first-order valence-electron chi connectivity index (χ1n) is 9.47. The zero-order valence-electron chi connectivity index (χ0n) is 16.7. The van der Waals surface area contributed by atoms with Crippen LogP contribution in [0.2, 0.25) is 0 Å². The number of benzene rings is 2. The van der Waals surface area contributed by atoms with E-state index in [1.807, 2.05) is 0 Å². The number of anilines is 1. The van der Waals surface area contributed by atoms with Crippen molar-refractivity contribution in [3.05, 3.63) is 70.0 Å². The average molecular weight is 440 g/mol. The van der Waals surface area contributed by atoms with E-state index in [1.165, 1.54) is 0 Å². The molecule has 6 N–H and O–H groups in total. The molecule has 1 aromatic heterocycles. The van der Waals surface area contributed by atoms with Crippen LogP contribution in [0.5, 0.6) is 0 Å². The van der Waals surface area contributed by atoms with E-state index < -0.39 is 22.6 Å². The number of nitrogens with one attached hydrogen (secondary N) is 4. The van der Waals surface area contributed by atoms with Crippen LogP contribution in [0, 0.1) is 10.1 Å². The fraction of sp³-hybridized carbons (Fsp3) is 0.150. The quantitative estimate of drug-likeness (QED) is 0.194. The Bertz CT molecular complexity index is 1170. The highest BCUT2D eigenvalue weighted by atomic mass is 16.6. The van der Waals surface area contributed by atoms with E-state index in [-0.39, 0.29) is 23.8 Å². The fourth-order valence-corrected chi connectivity index (χ4v) is 2.77. The van der Waals surface area contributed by atoms with Crippen LogP contribution in [0.15, 0.2) is 52.9 Å². The average Bonchev–Trinajstić information content (AvgIpc) is 3.28. The van der Waals surface area contributed by atoms with Crippen LogP contribution in [0.4, 0.5) is 11.6 Å². The molecule has 0 spiro atoms. The third-order valence-corrected chi connectivity index (χ3v) is 4.28. The summed E-state index contributed by atoms with van der Waals surface area (Å²) >= 11 is 0. The van der Waals surface area contributed by atoms with Crippen molar-refractivity contribution in [2.45, 2.75) is 0 Å². The van der Waals surface area contributed by atoms with Gasteiger partial charge in [0.25, 0.3) is 5.91 Å². The summed E-state index contributed by atoms with van der Waals surface area (Å²) in [5.41, 5.74) is 10.6. The predicted octanol–water partition coefficient (Wildman–Crippen LogP) is 0.903. The largest absolute Gasteiger partial charge is 0.433 e. The van der Waals surface area contributed by atoms with Crippen LogP contribution >= 0.6 is 0 Å². The molecule has 12 heteroatoms. The summed E-state index contributed by atoms with van der Waals surface area (Å²) in [5.74, 6) is -2.54. The van der Waals surface area contributed by atoms with Crippen molar-refractivity contribution >= 4 is 40.1 Å². The van der Waals surface area contributed by atoms with Gasteiger partial charge in [-0.2, -0.15) is 0 Å². The minimum Gasteiger partial charge on any atom is -0.395 e. The molecule has 32 heavy (non-hydrogen) atoms. The summed E-state index contributed by atoms with van der Waals surface area (Å²) in [6.45, 7) is 1.12. The van der Waals surface area contributed by atoms with Crippen LogP contribution in [-0.2, 0) is 4.79 Å². The van der Waals surface area contributed by atoms with Crippen LogP contribution in [-0.4, -0.2) is 42.3 Å². The molecule has 0 bridgehead atoms. The van der Waals surface area contributed by atoms with Crippen LogP contribution < -0.4 is 27.2 Å². The number of hydrazine groups is 1. The highest BCUT2D eigenvalue weighted by Gasteiger charge is 2.18. The van der Waals surface area contributed by atoms with Gasteiger partial charge in [0.1, 0.15) is 4.92 Å². The third-order valence-electron chi connectivity index (χ3n) is 4.28. The maximum atomic E-state index is 12.3. The molecule has 3 amide bonds. The lowest BCUT2D eigenvalue weighted by Gasteiger charge is -2.09. The summed E-state index contributed by atoms with van der Waals surface area (Å²) in [7, 11) is 0. The monoisotopic (exact) mass is 440 g/mol. The molecule has 0 radical (unpaired) electrons. The van der Waals surface area contributed by atoms with Gasteiger partial charge >= 0.3 is 11.8 Å². The molecule has 0 aliphatic rings. The van der Waals surface area contributed by atoms with Crippen molar-refractivity contribution in [3.8, 4) is 0 Å². The molecule has 0 saturated heterocycles. The van der Waals surface area contributed by atoms with Crippen LogP contribution in [0.25, 0.3) is 10.8 Å². The smallest absolute Gasteiger partial charge is 0.395 e. The highest BCUT2D eigenvalue weighted by Crippen LogP contribution is 2.21. The first-order chi connectivity index (χ1) is 15.4. The summed E-state index contributed by atoms with van der Waals surface area (Å²) in [6.07, 6.45) is 0. The van der Waals surface area contributed by atoms with Crippen molar-refractivity contribution in [1.82, 2.24) is 16.2 Å². The Balaban J connectivity index is 1.60. The molecular formula is C20H20N6O6. The van der Waals surface area contributed by atoms with E-state index in [0.29, 0.717) is 18.8 Å². The SMILES string of the molecule is NCCNCC(=O)Nc1ccc2cc(C(=O)NNC(=O)c3ccc([N+](=O)[O-])o3)ccc2c1. The topological polar surface area (TPSA) is 182 Å². The van der Waals surface area contributed by atoms with E-state index in [1.54, 1.807) is 36.4 Å². The van der Waals surface area contributed by atoms with E-state index in [0.717, 1.165) is 22.9 Å². The lowest BCUT2D eigenvalue weighted by molar-refractivity contribution is -0.402. The first-order valence-corrected chi connectivity index (χ1v) is 9.47. The van der Waals surface area contributed by atoms with Gasteiger partial charge in [0, 0.05) is 24.3 Å².